The second-order valence-electron chi connectivity index (χ2n) is 9.22. The third-order valence-electron chi connectivity index (χ3n) is 6.69. The summed E-state index contributed by atoms with van der Waals surface area (Å²) in [5.41, 5.74) is 2.09. The number of benzene rings is 1. The van der Waals surface area contributed by atoms with Crippen LogP contribution in [0, 0.1) is 31.5 Å². The van der Waals surface area contributed by atoms with Crippen molar-refractivity contribution in [3.63, 3.8) is 0 Å². The lowest BCUT2D eigenvalue weighted by atomic mass is 9.75. The summed E-state index contributed by atoms with van der Waals surface area (Å²) in [6.07, 6.45) is 0.967. The molecule has 6 nitrogen and oxygen atoms in total. The van der Waals surface area contributed by atoms with Crippen molar-refractivity contribution in [3.05, 3.63) is 52.7 Å². The van der Waals surface area contributed by atoms with Crippen molar-refractivity contribution in [1.82, 2.24) is 10.1 Å². The fraction of sp³-hybridized carbons (Fsp3) is 0.583. The summed E-state index contributed by atoms with van der Waals surface area (Å²) >= 11 is 0. The number of aromatic nitrogens is 1. The number of nitrogens with zero attached hydrogens (tertiary/aromatic N) is 2. The normalized spacial score (nSPS) is 26.6. The van der Waals surface area contributed by atoms with Crippen molar-refractivity contribution in [2.75, 3.05) is 26.3 Å². The van der Waals surface area contributed by atoms with Gasteiger partial charge in [0.1, 0.15) is 17.2 Å². The molecule has 2 aromatic rings. The van der Waals surface area contributed by atoms with Gasteiger partial charge in [-0.05, 0) is 49.8 Å². The molecule has 3 heterocycles. The van der Waals surface area contributed by atoms with E-state index in [9.17, 15) is 9.18 Å². The number of rotatable bonds is 4. The maximum atomic E-state index is 13.4. The fourth-order valence-electron chi connectivity index (χ4n) is 4.83. The Morgan fingerprint density at radius 2 is 2.03 bits per heavy atom. The Hall–Kier alpha value is -2.25. The van der Waals surface area contributed by atoms with Crippen LogP contribution in [-0.4, -0.2) is 47.9 Å². The van der Waals surface area contributed by atoms with Crippen molar-refractivity contribution < 1.29 is 23.2 Å². The molecule has 2 saturated heterocycles. The first-order valence-corrected chi connectivity index (χ1v) is 11.0. The minimum Gasteiger partial charge on any atom is -0.370 e. The van der Waals surface area contributed by atoms with Crippen molar-refractivity contribution in [2.45, 2.75) is 52.2 Å². The molecule has 1 aromatic heterocycles. The van der Waals surface area contributed by atoms with Gasteiger partial charge in [-0.15, -0.1) is 0 Å². The number of carbonyl (C=O) groups excluding carboxylic acids is 1. The lowest BCUT2D eigenvalue weighted by Crippen LogP contribution is -2.59. The second kappa shape index (κ2) is 8.71. The predicted molar refractivity (Wildman–Crippen MR) is 113 cm³/mol. The number of hydrogen-bond acceptors (Lipinski definition) is 5. The Balaban J connectivity index is 1.48. The Morgan fingerprint density at radius 3 is 2.68 bits per heavy atom. The van der Waals surface area contributed by atoms with Gasteiger partial charge in [0.25, 0.3) is 0 Å². The SMILES string of the molecule is Cc1noc(C)c1CC(=O)N1CCO[C@]2(CO[C@@H](c3ccc(F)cc3)[C@H](C(C)C)C2)C1. The third-order valence-corrected chi connectivity index (χ3v) is 6.69. The molecule has 1 aromatic carbocycles. The largest absolute Gasteiger partial charge is 0.370 e. The summed E-state index contributed by atoms with van der Waals surface area (Å²) in [6, 6.07) is 6.56. The van der Waals surface area contributed by atoms with Gasteiger partial charge in [0.2, 0.25) is 5.91 Å². The quantitative estimate of drug-likeness (QED) is 0.734. The molecule has 168 valence electrons. The lowest BCUT2D eigenvalue weighted by molar-refractivity contribution is -0.210. The predicted octanol–water partition coefficient (Wildman–Crippen LogP) is 4.00. The number of carbonyl (C=O) groups is 1. The van der Waals surface area contributed by atoms with E-state index < -0.39 is 5.60 Å². The number of ether oxygens (including phenoxy) is 2. The minimum absolute atomic E-state index is 0.0545. The molecule has 1 amide bonds. The van der Waals surface area contributed by atoms with E-state index in [1.807, 2.05) is 18.7 Å². The van der Waals surface area contributed by atoms with E-state index in [0.29, 0.717) is 38.0 Å². The molecule has 7 heteroatoms. The lowest BCUT2D eigenvalue weighted by Gasteiger charge is -2.50. The zero-order valence-corrected chi connectivity index (χ0v) is 18.7. The van der Waals surface area contributed by atoms with E-state index in [2.05, 4.69) is 19.0 Å². The van der Waals surface area contributed by atoms with Crippen LogP contribution in [0.1, 0.15) is 49.0 Å². The molecule has 1 spiro atoms. The third kappa shape index (κ3) is 4.53. The van der Waals surface area contributed by atoms with Crippen LogP contribution in [0.25, 0.3) is 0 Å². The molecule has 2 fully saturated rings. The summed E-state index contributed by atoms with van der Waals surface area (Å²) in [4.78, 5) is 14.9. The molecular formula is C24H31FN2O4. The summed E-state index contributed by atoms with van der Waals surface area (Å²) < 4.78 is 31.2. The van der Waals surface area contributed by atoms with Gasteiger partial charge in [-0.2, -0.15) is 0 Å². The van der Waals surface area contributed by atoms with Crippen molar-refractivity contribution in [3.8, 4) is 0 Å². The van der Waals surface area contributed by atoms with E-state index in [1.165, 1.54) is 12.1 Å². The van der Waals surface area contributed by atoms with E-state index >= 15 is 0 Å². The number of hydrogen-bond donors (Lipinski definition) is 0. The molecule has 31 heavy (non-hydrogen) atoms. The minimum atomic E-state index is -0.516. The maximum Gasteiger partial charge on any atom is 0.227 e. The van der Waals surface area contributed by atoms with Crippen LogP contribution in [0.3, 0.4) is 0 Å². The second-order valence-corrected chi connectivity index (χ2v) is 9.22. The van der Waals surface area contributed by atoms with Crippen LogP contribution in [0.15, 0.2) is 28.8 Å². The van der Waals surface area contributed by atoms with Gasteiger partial charge in [0, 0.05) is 12.1 Å². The Morgan fingerprint density at radius 1 is 1.29 bits per heavy atom. The van der Waals surface area contributed by atoms with Crippen molar-refractivity contribution >= 4 is 5.91 Å². The molecule has 0 N–H and O–H groups in total. The van der Waals surface area contributed by atoms with Crippen LogP contribution in [0.4, 0.5) is 4.39 Å². The Labute approximate surface area is 182 Å². The highest BCUT2D eigenvalue weighted by Crippen LogP contribution is 2.44. The van der Waals surface area contributed by atoms with E-state index in [-0.39, 0.29) is 30.2 Å². The Bertz CT molecular complexity index is 907. The van der Waals surface area contributed by atoms with Gasteiger partial charge in [-0.3, -0.25) is 4.79 Å². The highest BCUT2D eigenvalue weighted by atomic mass is 19.1. The highest BCUT2D eigenvalue weighted by molar-refractivity contribution is 5.79. The number of amides is 1. The van der Waals surface area contributed by atoms with E-state index in [1.54, 1.807) is 12.1 Å². The monoisotopic (exact) mass is 430 g/mol. The average Bonchev–Trinajstić information content (AvgIpc) is 3.06. The van der Waals surface area contributed by atoms with Crippen LogP contribution in [-0.2, 0) is 20.7 Å². The highest BCUT2D eigenvalue weighted by Gasteiger charge is 2.47. The summed E-state index contributed by atoms with van der Waals surface area (Å²) in [5.74, 6) is 1.05. The molecule has 0 aliphatic carbocycles. The molecule has 0 bridgehead atoms. The zero-order chi connectivity index (χ0) is 22.2. The van der Waals surface area contributed by atoms with Crippen molar-refractivity contribution in [1.29, 1.82) is 0 Å². The zero-order valence-electron chi connectivity index (χ0n) is 18.7. The molecule has 4 rings (SSSR count). The molecule has 3 atom stereocenters. The van der Waals surface area contributed by atoms with Gasteiger partial charge in [-0.25, -0.2) is 4.39 Å². The average molecular weight is 431 g/mol. The Kier molecular flexibility index (Phi) is 6.17. The topological polar surface area (TPSA) is 64.8 Å². The first-order valence-electron chi connectivity index (χ1n) is 11.0. The van der Waals surface area contributed by atoms with Crippen molar-refractivity contribution in [2.24, 2.45) is 11.8 Å². The standard InChI is InChI=1S/C24H31FN2O4/c1-15(2)21-12-24(14-29-23(21)18-5-7-19(25)8-6-18)13-27(9-10-30-24)22(28)11-20-16(3)26-31-17(20)4/h5-8,15,21,23H,9-14H2,1-4H3/t21-,23-,24-/m0/s1. The van der Waals surface area contributed by atoms with E-state index in [0.717, 1.165) is 23.2 Å². The molecule has 0 unspecified atom stereocenters. The number of morpholine rings is 1. The van der Waals surface area contributed by atoms with Gasteiger partial charge >= 0.3 is 0 Å². The number of halogens is 1. The van der Waals surface area contributed by atoms with Gasteiger partial charge in [0.05, 0.1) is 38.0 Å². The van der Waals surface area contributed by atoms with Gasteiger partial charge in [-0.1, -0.05) is 31.1 Å². The van der Waals surface area contributed by atoms with Crippen LogP contribution in [0.5, 0.6) is 0 Å². The van der Waals surface area contributed by atoms with Gasteiger partial charge in [0.15, 0.2) is 0 Å². The van der Waals surface area contributed by atoms with Crippen LogP contribution in [0.2, 0.25) is 0 Å². The summed E-state index contributed by atoms with van der Waals surface area (Å²) in [7, 11) is 0. The molecule has 2 aliphatic heterocycles. The maximum absolute atomic E-state index is 13.4. The molecule has 2 aliphatic rings. The molecular weight excluding hydrogens is 399 g/mol. The first-order chi connectivity index (χ1) is 14.8. The fourth-order valence-corrected chi connectivity index (χ4v) is 4.83. The summed E-state index contributed by atoms with van der Waals surface area (Å²) in [5, 5.41) is 3.96. The smallest absolute Gasteiger partial charge is 0.227 e. The van der Waals surface area contributed by atoms with E-state index in [4.69, 9.17) is 14.0 Å². The molecule has 0 saturated carbocycles. The first kappa shape index (κ1) is 22.0. The number of aryl methyl sites for hydroxylation is 2. The summed E-state index contributed by atoms with van der Waals surface area (Å²) in [6.45, 7) is 10.0. The van der Waals surface area contributed by atoms with Crippen LogP contribution < -0.4 is 0 Å². The van der Waals surface area contributed by atoms with Gasteiger partial charge < -0.3 is 18.9 Å². The molecule has 0 radical (unpaired) electrons. The van der Waals surface area contributed by atoms with Crippen LogP contribution >= 0.6 is 0 Å².